The lowest BCUT2D eigenvalue weighted by atomic mass is 10.2. The quantitative estimate of drug-likeness (QED) is 0.308. The summed E-state index contributed by atoms with van der Waals surface area (Å²) in [4.78, 5) is 0. The summed E-state index contributed by atoms with van der Waals surface area (Å²) in [5, 5.41) is 11.7. The minimum absolute atomic E-state index is 0.177. The number of amidine groups is 1. The van der Waals surface area contributed by atoms with Crippen LogP contribution in [0.2, 0.25) is 0 Å². The van der Waals surface area contributed by atoms with Crippen LogP contribution in [-0.4, -0.2) is 36.9 Å². The third-order valence-corrected chi connectivity index (χ3v) is 4.82. The molecule has 1 aromatic carbocycles. The van der Waals surface area contributed by atoms with Crippen molar-refractivity contribution >= 4 is 37.7 Å². The van der Waals surface area contributed by atoms with Gasteiger partial charge in [-0.3, -0.25) is 4.72 Å². The van der Waals surface area contributed by atoms with Gasteiger partial charge in [-0.2, -0.15) is 12.7 Å². The second-order valence-electron chi connectivity index (χ2n) is 3.87. The molecule has 0 heterocycles. The van der Waals surface area contributed by atoms with E-state index in [2.05, 4.69) is 25.8 Å². The Labute approximate surface area is 126 Å². The van der Waals surface area contributed by atoms with E-state index >= 15 is 0 Å². The van der Waals surface area contributed by atoms with Crippen LogP contribution in [0.15, 0.2) is 27.8 Å². The number of hydrogen-bond donors (Lipinski definition) is 3. The largest absolute Gasteiger partial charge is 0.409 e. The number of anilines is 1. The summed E-state index contributed by atoms with van der Waals surface area (Å²) < 4.78 is 28.7. The zero-order valence-corrected chi connectivity index (χ0v) is 13.6. The predicted molar refractivity (Wildman–Crippen MR) is 82.1 cm³/mol. The van der Waals surface area contributed by atoms with Crippen molar-refractivity contribution in [2.45, 2.75) is 13.8 Å². The summed E-state index contributed by atoms with van der Waals surface area (Å²) in [6.07, 6.45) is 0. The Hall–Kier alpha value is -1.32. The maximum Gasteiger partial charge on any atom is 0.301 e. The number of nitrogens with two attached hydrogens (primary N) is 1. The molecule has 0 atom stereocenters. The fourth-order valence-electron chi connectivity index (χ4n) is 1.64. The second-order valence-corrected chi connectivity index (χ2v) is 6.45. The molecular weight excluding hydrogens is 348 g/mol. The van der Waals surface area contributed by atoms with E-state index in [1.54, 1.807) is 32.0 Å². The summed E-state index contributed by atoms with van der Waals surface area (Å²) in [5.74, 6) is -0.177. The molecule has 4 N–H and O–H groups in total. The third-order valence-electron chi connectivity index (χ3n) is 2.65. The van der Waals surface area contributed by atoms with Crippen LogP contribution in [0.3, 0.4) is 0 Å². The first kappa shape index (κ1) is 16.7. The molecule has 0 aromatic heterocycles. The highest BCUT2D eigenvalue weighted by molar-refractivity contribution is 9.10. The van der Waals surface area contributed by atoms with Gasteiger partial charge in [0.15, 0.2) is 5.84 Å². The molecule has 0 aliphatic carbocycles. The Morgan fingerprint density at radius 3 is 2.55 bits per heavy atom. The van der Waals surface area contributed by atoms with Gasteiger partial charge in [0.25, 0.3) is 0 Å². The smallest absolute Gasteiger partial charge is 0.301 e. The van der Waals surface area contributed by atoms with Crippen LogP contribution in [0.25, 0.3) is 0 Å². The molecule has 0 spiro atoms. The molecular formula is C11H17BrN4O3S. The van der Waals surface area contributed by atoms with E-state index in [-0.39, 0.29) is 17.1 Å². The first-order valence-corrected chi connectivity index (χ1v) is 8.14. The van der Waals surface area contributed by atoms with Crippen LogP contribution in [0.4, 0.5) is 5.69 Å². The average molecular weight is 365 g/mol. The van der Waals surface area contributed by atoms with Crippen molar-refractivity contribution in [3.63, 3.8) is 0 Å². The number of nitrogens with one attached hydrogen (secondary N) is 1. The third kappa shape index (κ3) is 3.84. The normalized spacial score (nSPS) is 12.7. The highest BCUT2D eigenvalue weighted by atomic mass is 79.9. The summed E-state index contributed by atoms with van der Waals surface area (Å²) in [6, 6.07) is 4.77. The zero-order valence-electron chi connectivity index (χ0n) is 11.2. The van der Waals surface area contributed by atoms with Crippen LogP contribution in [-0.2, 0) is 10.2 Å². The Kier molecular flexibility index (Phi) is 5.78. The molecule has 9 heteroatoms. The Balaban J connectivity index is 3.22. The standard InChI is InChI=1S/C11H17BrN4O3S/c1-3-16(4-2)20(18,19)15-10-6-5-8(12)7-9(10)11(13)14-17/h5-7,15,17H,3-4H2,1-2H3,(H2,13,14). The lowest BCUT2D eigenvalue weighted by molar-refractivity contribution is 0.318. The highest BCUT2D eigenvalue weighted by Crippen LogP contribution is 2.22. The van der Waals surface area contributed by atoms with Crippen LogP contribution in [0, 0.1) is 0 Å². The molecule has 0 bridgehead atoms. The van der Waals surface area contributed by atoms with Crippen LogP contribution < -0.4 is 10.5 Å². The van der Waals surface area contributed by atoms with Gasteiger partial charge in [0, 0.05) is 23.1 Å². The molecule has 0 amide bonds. The van der Waals surface area contributed by atoms with E-state index in [0.29, 0.717) is 17.6 Å². The Morgan fingerprint density at radius 2 is 2.05 bits per heavy atom. The number of rotatable bonds is 6. The summed E-state index contributed by atoms with van der Waals surface area (Å²) >= 11 is 3.25. The van der Waals surface area contributed by atoms with Gasteiger partial charge in [-0.1, -0.05) is 34.9 Å². The minimum atomic E-state index is -3.68. The van der Waals surface area contributed by atoms with E-state index in [4.69, 9.17) is 10.9 Å². The van der Waals surface area contributed by atoms with E-state index in [1.807, 2.05) is 0 Å². The molecule has 0 radical (unpaired) electrons. The average Bonchev–Trinajstić information content (AvgIpc) is 2.40. The minimum Gasteiger partial charge on any atom is -0.409 e. The molecule has 7 nitrogen and oxygen atoms in total. The van der Waals surface area contributed by atoms with Crippen molar-refractivity contribution in [1.82, 2.24) is 4.31 Å². The number of oxime groups is 1. The Morgan fingerprint density at radius 1 is 1.45 bits per heavy atom. The maximum atomic E-state index is 12.2. The van der Waals surface area contributed by atoms with E-state index in [0.717, 1.165) is 0 Å². The van der Waals surface area contributed by atoms with Crippen LogP contribution >= 0.6 is 15.9 Å². The molecule has 0 saturated carbocycles. The van der Waals surface area contributed by atoms with Crippen molar-refractivity contribution in [2.24, 2.45) is 10.9 Å². The number of nitrogens with zero attached hydrogens (tertiary/aromatic N) is 2. The SMILES string of the molecule is CCN(CC)S(=O)(=O)Nc1ccc(Br)cc1/C(N)=N/O. The van der Waals surface area contributed by atoms with Crippen molar-refractivity contribution < 1.29 is 13.6 Å². The number of halogens is 1. The molecule has 0 aliphatic heterocycles. The van der Waals surface area contributed by atoms with Gasteiger partial charge in [0.2, 0.25) is 0 Å². The lowest BCUT2D eigenvalue weighted by Gasteiger charge is -2.20. The van der Waals surface area contributed by atoms with Gasteiger partial charge in [-0.05, 0) is 18.2 Å². The molecule has 0 unspecified atom stereocenters. The molecule has 112 valence electrons. The zero-order chi connectivity index (χ0) is 15.3. The van der Waals surface area contributed by atoms with E-state index in [9.17, 15) is 8.42 Å². The fourth-order valence-corrected chi connectivity index (χ4v) is 3.26. The van der Waals surface area contributed by atoms with Crippen molar-refractivity contribution in [3.8, 4) is 0 Å². The maximum absolute atomic E-state index is 12.2. The van der Waals surface area contributed by atoms with Crippen LogP contribution in [0.1, 0.15) is 19.4 Å². The summed E-state index contributed by atoms with van der Waals surface area (Å²) in [6.45, 7) is 4.19. The summed E-state index contributed by atoms with van der Waals surface area (Å²) in [7, 11) is -3.68. The number of benzene rings is 1. The van der Waals surface area contributed by atoms with Crippen molar-refractivity contribution in [2.75, 3.05) is 17.8 Å². The Bertz CT molecular complexity index is 600. The first-order valence-electron chi connectivity index (χ1n) is 5.91. The van der Waals surface area contributed by atoms with E-state index < -0.39 is 10.2 Å². The lowest BCUT2D eigenvalue weighted by Crippen LogP contribution is -2.36. The van der Waals surface area contributed by atoms with Gasteiger partial charge in [-0.25, -0.2) is 0 Å². The molecule has 1 aromatic rings. The molecule has 0 saturated heterocycles. The molecule has 20 heavy (non-hydrogen) atoms. The van der Waals surface area contributed by atoms with E-state index in [1.165, 1.54) is 4.31 Å². The summed E-state index contributed by atoms with van der Waals surface area (Å²) in [5.41, 5.74) is 6.09. The van der Waals surface area contributed by atoms with Gasteiger partial charge < -0.3 is 10.9 Å². The van der Waals surface area contributed by atoms with Gasteiger partial charge in [0.1, 0.15) is 0 Å². The first-order chi connectivity index (χ1) is 9.35. The van der Waals surface area contributed by atoms with Gasteiger partial charge >= 0.3 is 10.2 Å². The monoisotopic (exact) mass is 364 g/mol. The highest BCUT2D eigenvalue weighted by Gasteiger charge is 2.20. The van der Waals surface area contributed by atoms with Gasteiger partial charge in [-0.15, -0.1) is 0 Å². The van der Waals surface area contributed by atoms with Crippen molar-refractivity contribution in [3.05, 3.63) is 28.2 Å². The fraction of sp³-hybridized carbons (Fsp3) is 0.364. The molecule has 0 fully saturated rings. The van der Waals surface area contributed by atoms with Gasteiger partial charge in [0.05, 0.1) is 5.69 Å². The topological polar surface area (TPSA) is 108 Å². The predicted octanol–water partition coefficient (Wildman–Crippen LogP) is 1.54. The van der Waals surface area contributed by atoms with Crippen molar-refractivity contribution in [1.29, 1.82) is 0 Å². The molecule has 0 aliphatic rings. The number of hydrogen-bond acceptors (Lipinski definition) is 4. The second kappa shape index (κ2) is 6.91. The van der Waals surface area contributed by atoms with Crippen LogP contribution in [0.5, 0.6) is 0 Å². The molecule has 1 rings (SSSR count).